The lowest BCUT2D eigenvalue weighted by Gasteiger charge is -2.19. The number of phenols is 1. The van der Waals surface area contributed by atoms with E-state index in [9.17, 15) is 14.3 Å². The van der Waals surface area contributed by atoms with Crippen molar-refractivity contribution in [1.82, 2.24) is 15.3 Å². The van der Waals surface area contributed by atoms with Gasteiger partial charge in [0.25, 0.3) is 5.91 Å². The highest BCUT2D eigenvalue weighted by atomic mass is 32.1. The lowest BCUT2D eigenvalue weighted by atomic mass is 10.0. The molecule has 0 fully saturated rings. The van der Waals surface area contributed by atoms with Gasteiger partial charge in [-0.1, -0.05) is 41.4 Å². The molecule has 4 N–H and O–H groups in total. The van der Waals surface area contributed by atoms with Crippen LogP contribution < -0.4 is 5.32 Å². The fraction of sp³-hybridized carbons (Fsp3) is 0.130. The SMILES string of the molecule is Cc1nc(C(=O)NC(c2cc3ccccc3[nH]2)c2cc(F)ccc2O)sc1C#CCO. The summed E-state index contributed by atoms with van der Waals surface area (Å²) in [7, 11) is 0. The number of nitrogens with one attached hydrogen (secondary N) is 2. The van der Waals surface area contributed by atoms with Gasteiger partial charge in [0.2, 0.25) is 0 Å². The smallest absolute Gasteiger partial charge is 0.281 e. The number of carbonyl (C=O) groups excluding carboxylic acids is 1. The molecule has 1 unspecified atom stereocenters. The van der Waals surface area contributed by atoms with Crippen LogP contribution in [0.5, 0.6) is 5.75 Å². The van der Waals surface area contributed by atoms with Crippen LogP contribution in [0.2, 0.25) is 0 Å². The molecule has 0 saturated heterocycles. The standard InChI is InChI=1S/C23H18FN3O3S/c1-13-20(7-4-10-28)31-23(25-13)22(30)27-21(16-12-15(24)8-9-19(16)29)18-11-14-5-2-3-6-17(14)26-18/h2-3,5-6,8-9,11-12,21,26,28-29H,10H2,1H3,(H,27,30). The number of amides is 1. The molecule has 0 aliphatic heterocycles. The fourth-order valence-electron chi connectivity index (χ4n) is 3.25. The summed E-state index contributed by atoms with van der Waals surface area (Å²) in [6.45, 7) is 1.43. The van der Waals surface area contributed by atoms with Gasteiger partial charge in [-0.15, -0.1) is 0 Å². The zero-order valence-corrected chi connectivity index (χ0v) is 17.3. The van der Waals surface area contributed by atoms with Crippen molar-refractivity contribution in [3.63, 3.8) is 0 Å². The molecule has 4 rings (SSSR count). The average molecular weight is 435 g/mol. The number of H-pyrrole nitrogens is 1. The lowest BCUT2D eigenvalue weighted by Crippen LogP contribution is -2.29. The van der Waals surface area contributed by atoms with Crippen molar-refractivity contribution in [3.05, 3.63) is 81.2 Å². The Morgan fingerprint density at radius 3 is 2.87 bits per heavy atom. The number of para-hydroxylation sites is 1. The highest BCUT2D eigenvalue weighted by molar-refractivity contribution is 7.14. The van der Waals surface area contributed by atoms with Crippen molar-refractivity contribution in [2.24, 2.45) is 0 Å². The molecule has 6 nitrogen and oxygen atoms in total. The van der Waals surface area contributed by atoms with Crippen molar-refractivity contribution in [1.29, 1.82) is 0 Å². The molecule has 31 heavy (non-hydrogen) atoms. The van der Waals surface area contributed by atoms with Gasteiger partial charge in [-0.05, 0) is 42.6 Å². The topological polar surface area (TPSA) is 98.2 Å². The predicted molar refractivity (Wildman–Crippen MR) is 116 cm³/mol. The zero-order valence-electron chi connectivity index (χ0n) is 16.4. The second-order valence-corrected chi connectivity index (χ2v) is 7.81. The van der Waals surface area contributed by atoms with Gasteiger partial charge < -0.3 is 20.5 Å². The van der Waals surface area contributed by atoms with Crippen LogP contribution >= 0.6 is 11.3 Å². The first-order valence-electron chi connectivity index (χ1n) is 9.40. The number of fused-ring (bicyclic) bond motifs is 1. The summed E-state index contributed by atoms with van der Waals surface area (Å²) in [5, 5.41) is 23.2. The normalized spacial score (nSPS) is 11.7. The zero-order chi connectivity index (χ0) is 22.0. The van der Waals surface area contributed by atoms with Crippen LogP contribution in [0.25, 0.3) is 10.9 Å². The second-order valence-electron chi connectivity index (χ2n) is 6.81. The van der Waals surface area contributed by atoms with E-state index in [1.165, 1.54) is 12.1 Å². The van der Waals surface area contributed by atoms with Crippen LogP contribution in [0.4, 0.5) is 4.39 Å². The molecule has 8 heteroatoms. The third kappa shape index (κ3) is 4.28. The van der Waals surface area contributed by atoms with E-state index in [4.69, 9.17) is 5.11 Å². The minimum Gasteiger partial charge on any atom is -0.508 e. The number of aliphatic hydroxyl groups excluding tert-OH is 1. The van der Waals surface area contributed by atoms with Crippen molar-refractivity contribution < 1.29 is 19.4 Å². The maximum atomic E-state index is 14.0. The highest BCUT2D eigenvalue weighted by Crippen LogP contribution is 2.32. The van der Waals surface area contributed by atoms with Crippen LogP contribution in [0.1, 0.15) is 37.7 Å². The highest BCUT2D eigenvalue weighted by Gasteiger charge is 2.25. The molecule has 4 aromatic rings. The van der Waals surface area contributed by atoms with E-state index in [1.807, 2.05) is 30.3 Å². The Labute approximate surface area is 181 Å². The maximum absolute atomic E-state index is 14.0. The number of aryl methyl sites for hydroxylation is 1. The lowest BCUT2D eigenvalue weighted by molar-refractivity contribution is 0.0941. The Balaban J connectivity index is 1.74. The quantitative estimate of drug-likeness (QED) is 0.368. The summed E-state index contributed by atoms with van der Waals surface area (Å²) in [5.74, 6) is 4.15. The van der Waals surface area contributed by atoms with Crippen molar-refractivity contribution in [3.8, 4) is 17.6 Å². The van der Waals surface area contributed by atoms with Crippen molar-refractivity contribution in [2.75, 3.05) is 6.61 Å². The van der Waals surface area contributed by atoms with E-state index in [1.54, 1.807) is 6.92 Å². The van der Waals surface area contributed by atoms with Gasteiger partial charge in [0.05, 0.1) is 11.7 Å². The van der Waals surface area contributed by atoms with E-state index in [0.717, 1.165) is 28.3 Å². The molecule has 0 aliphatic rings. The number of hydrogen-bond acceptors (Lipinski definition) is 5. The van der Waals surface area contributed by atoms with Crippen molar-refractivity contribution >= 4 is 28.1 Å². The average Bonchev–Trinajstić information content (AvgIpc) is 3.35. The Hall–Kier alpha value is -3.67. The monoisotopic (exact) mass is 435 g/mol. The van der Waals surface area contributed by atoms with E-state index >= 15 is 0 Å². The van der Waals surface area contributed by atoms with Crippen LogP contribution in [-0.4, -0.2) is 32.7 Å². The Morgan fingerprint density at radius 1 is 1.29 bits per heavy atom. The molecule has 1 amide bonds. The maximum Gasteiger partial charge on any atom is 0.281 e. The molecule has 156 valence electrons. The summed E-state index contributed by atoms with van der Waals surface area (Å²) in [6, 6.07) is 12.2. The van der Waals surface area contributed by atoms with E-state index in [2.05, 4.69) is 27.1 Å². The second kappa shape index (κ2) is 8.60. The summed E-state index contributed by atoms with van der Waals surface area (Å²) < 4.78 is 14.0. The molecule has 1 atom stereocenters. The summed E-state index contributed by atoms with van der Waals surface area (Å²) in [4.78, 5) is 21.1. The summed E-state index contributed by atoms with van der Waals surface area (Å²) >= 11 is 1.10. The van der Waals surface area contributed by atoms with Crippen LogP contribution in [0.15, 0.2) is 48.5 Å². The number of phenolic OH excluding ortho intramolecular Hbond substituents is 1. The first kappa shape index (κ1) is 20.6. The first-order valence-corrected chi connectivity index (χ1v) is 10.2. The molecule has 0 aliphatic carbocycles. The number of carbonyl (C=O) groups is 1. The molecule has 2 aromatic heterocycles. The fourth-order valence-corrected chi connectivity index (χ4v) is 4.10. The summed E-state index contributed by atoms with van der Waals surface area (Å²) in [5.41, 5.74) is 2.23. The number of nitrogens with zero attached hydrogens (tertiary/aromatic N) is 1. The van der Waals surface area contributed by atoms with Gasteiger partial charge in [-0.25, -0.2) is 9.37 Å². The van der Waals surface area contributed by atoms with Gasteiger partial charge >= 0.3 is 0 Å². The molecular formula is C23H18FN3O3S. The van der Waals surface area contributed by atoms with Crippen LogP contribution in [0, 0.1) is 24.6 Å². The summed E-state index contributed by atoms with van der Waals surface area (Å²) in [6.07, 6.45) is 0. The van der Waals surface area contributed by atoms with Gasteiger partial charge in [0.1, 0.15) is 23.1 Å². The molecular weight excluding hydrogens is 417 g/mol. The largest absolute Gasteiger partial charge is 0.508 e. The van der Waals surface area contributed by atoms with Crippen LogP contribution in [-0.2, 0) is 0 Å². The molecule has 2 heterocycles. The number of thiazole rings is 1. The molecule has 0 saturated carbocycles. The van der Waals surface area contributed by atoms with Gasteiger partial charge in [-0.3, -0.25) is 4.79 Å². The Kier molecular flexibility index (Phi) is 5.71. The molecule has 0 spiro atoms. The third-order valence-electron chi connectivity index (χ3n) is 4.71. The van der Waals surface area contributed by atoms with E-state index in [0.29, 0.717) is 16.3 Å². The number of aromatic amines is 1. The Morgan fingerprint density at radius 2 is 2.10 bits per heavy atom. The van der Waals surface area contributed by atoms with Crippen molar-refractivity contribution in [2.45, 2.75) is 13.0 Å². The molecule has 2 aromatic carbocycles. The predicted octanol–water partition coefficient (Wildman–Crippen LogP) is 3.64. The third-order valence-corrected chi connectivity index (χ3v) is 5.78. The van der Waals surface area contributed by atoms with Gasteiger partial charge in [0.15, 0.2) is 5.01 Å². The number of aliphatic hydroxyl groups is 1. The Bertz CT molecular complexity index is 1300. The number of rotatable bonds is 4. The van der Waals surface area contributed by atoms with E-state index < -0.39 is 17.8 Å². The van der Waals surface area contributed by atoms with E-state index in [-0.39, 0.29) is 22.9 Å². The molecule has 0 bridgehead atoms. The number of halogens is 1. The minimum absolute atomic E-state index is 0.143. The number of benzene rings is 2. The minimum atomic E-state index is -0.841. The molecule has 0 radical (unpaired) electrons. The number of aromatic nitrogens is 2. The number of aromatic hydroxyl groups is 1. The number of hydrogen-bond donors (Lipinski definition) is 4. The van der Waals surface area contributed by atoms with Crippen LogP contribution in [0.3, 0.4) is 0 Å². The van der Waals surface area contributed by atoms with Gasteiger partial charge in [0, 0.05) is 16.8 Å². The van der Waals surface area contributed by atoms with Gasteiger partial charge in [-0.2, -0.15) is 0 Å². The first-order chi connectivity index (χ1) is 15.0.